The van der Waals surface area contributed by atoms with Gasteiger partial charge in [0, 0.05) is 12.1 Å². The predicted molar refractivity (Wildman–Crippen MR) is 71.0 cm³/mol. The van der Waals surface area contributed by atoms with Crippen LogP contribution in [0.1, 0.15) is 17.3 Å². The van der Waals surface area contributed by atoms with E-state index in [2.05, 4.69) is 10.1 Å². The van der Waals surface area contributed by atoms with Gasteiger partial charge in [-0.3, -0.25) is 4.90 Å². The summed E-state index contributed by atoms with van der Waals surface area (Å²) in [4.78, 5) is 6.00. The molecule has 0 saturated heterocycles. The fraction of sp³-hybridized carbons (Fsp3) is 0.333. The van der Waals surface area contributed by atoms with Crippen molar-refractivity contribution in [3.63, 3.8) is 0 Å². The van der Waals surface area contributed by atoms with Crippen LogP contribution in [0, 0.1) is 5.82 Å². The molecule has 2 aromatic rings. The van der Waals surface area contributed by atoms with Gasteiger partial charge in [0.15, 0.2) is 5.82 Å². The maximum Gasteiger partial charge on any atom is 0.240 e. The summed E-state index contributed by atoms with van der Waals surface area (Å²) in [6, 6.07) is 6.69. The van der Waals surface area contributed by atoms with Gasteiger partial charge in [0.25, 0.3) is 0 Å². The molecule has 0 bridgehead atoms. The molecule has 0 radical (unpaired) electrons. The van der Waals surface area contributed by atoms with Crippen LogP contribution in [0.25, 0.3) is 0 Å². The second kappa shape index (κ2) is 7.18. The molecule has 1 heterocycles. The first-order valence-corrected chi connectivity index (χ1v) is 5.62. The smallest absolute Gasteiger partial charge is 0.240 e. The number of rotatable bonds is 5. The molecular weight excluding hydrogens is 271 g/mol. The topological polar surface area (TPSA) is 68.2 Å². The first kappa shape index (κ1) is 15.6. The summed E-state index contributed by atoms with van der Waals surface area (Å²) >= 11 is 0. The minimum Gasteiger partial charge on any atom is -0.338 e. The fourth-order valence-corrected chi connectivity index (χ4v) is 1.65. The zero-order valence-electron chi connectivity index (χ0n) is 10.5. The van der Waals surface area contributed by atoms with Gasteiger partial charge in [-0.1, -0.05) is 23.4 Å². The van der Waals surface area contributed by atoms with Gasteiger partial charge in [0.1, 0.15) is 5.82 Å². The van der Waals surface area contributed by atoms with Crippen LogP contribution in [-0.4, -0.2) is 22.1 Å². The average Bonchev–Trinajstić information content (AvgIpc) is 2.80. The molecule has 7 heteroatoms. The Hall–Kier alpha value is -1.50. The van der Waals surface area contributed by atoms with Crippen LogP contribution in [0.15, 0.2) is 28.8 Å². The Morgan fingerprint density at radius 3 is 2.68 bits per heavy atom. The van der Waals surface area contributed by atoms with Crippen molar-refractivity contribution < 1.29 is 8.91 Å². The molecule has 0 aliphatic carbocycles. The van der Waals surface area contributed by atoms with E-state index in [1.54, 1.807) is 12.1 Å². The molecule has 1 aromatic heterocycles. The Morgan fingerprint density at radius 1 is 1.32 bits per heavy atom. The highest BCUT2D eigenvalue weighted by molar-refractivity contribution is 5.85. The zero-order chi connectivity index (χ0) is 13.0. The Labute approximate surface area is 117 Å². The molecule has 104 valence electrons. The SMILES string of the molecule is CN(Cc1noc(CN)n1)Cc1ccccc1F.Cl. The molecule has 0 spiro atoms. The molecule has 19 heavy (non-hydrogen) atoms. The van der Waals surface area contributed by atoms with Crippen LogP contribution in [0.4, 0.5) is 4.39 Å². The lowest BCUT2D eigenvalue weighted by Crippen LogP contribution is -2.18. The molecule has 2 rings (SSSR count). The van der Waals surface area contributed by atoms with Crippen molar-refractivity contribution in [2.24, 2.45) is 5.73 Å². The van der Waals surface area contributed by atoms with Gasteiger partial charge in [0.2, 0.25) is 5.89 Å². The van der Waals surface area contributed by atoms with Gasteiger partial charge in [-0.2, -0.15) is 4.98 Å². The van der Waals surface area contributed by atoms with Crippen LogP contribution in [0.2, 0.25) is 0 Å². The zero-order valence-corrected chi connectivity index (χ0v) is 11.4. The van der Waals surface area contributed by atoms with Crippen LogP contribution < -0.4 is 5.73 Å². The largest absolute Gasteiger partial charge is 0.338 e. The summed E-state index contributed by atoms with van der Waals surface area (Å²) in [6.07, 6.45) is 0. The summed E-state index contributed by atoms with van der Waals surface area (Å²) in [5, 5.41) is 3.79. The number of nitrogens with two attached hydrogens (primary N) is 1. The normalized spacial score (nSPS) is 10.5. The van der Waals surface area contributed by atoms with Gasteiger partial charge >= 0.3 is 0 Å². The summed E-state index contributed by atoms with van der Waals surface area (Å²) in [7, 11) is 1.87. The predicted octanol–water partition coefficient (Wildman–Crippen LogP) is 1.72. The molecule has 0 unspecified atom stereocenters. The van der Waals surface area contributed by atoms with Crippen molar-refractivity contribution in [2.75, 3.05) is 7.05 Å². The Balaban J connectivity index is 0.00000180. The van der Waals surface area contributed by atoms with Crippen molar-refractivity contribution in [3.05, 3.63) is 47.4 Å². The maximum atomic E-state index is 13.5. The number of halogens is 2. The molecule has 0 atom stereocenters. The minimum atomic E-state index is -0.208. The number of aromatic nitrogens is 2. The van der Waals surface area contributed by atoms with Crippen LogP contribution in [-0.2, 0) is 19.6 Å². The number of nitrogens with zero attached hydrogens (tertiary/aromatic N) is 3. The third kappa shape index (κ3) is 4.27. The van der Waals surface area contributed by atoms with E-state index in [1.807, 2.05) is 18.0 Å². The van der Waals surface area contributed by atoms with E-state index in [4.69, 9.17) is 10.3 Å². The second-order valence-electron chi connectivity index (χ2n) is 4.07. The summed E-state index contributed by atoms with van der Waals surface area (Å²) in [6.45, 7) is 1.20. The standard InChI is InChI=1S/C12H15FN4O.ClH/c1-17(7-9-4-2-3-5-10(9)13)8-11-15-12(6-14)18-16-11;/h2-5H,6-8,14H2,1H3;1H. The van der Waals surface area contributed by atoms with E-state index >= 15 is 0 Å². The highest BCUT2D eigenvalue weighted by Crippen LogP contribution is 2.10. The number of hydrogen-bond donors (Lipinski definition) is 1. The van der Waals surface area contributed by atoms with E-state index in [0.717, 1.165) is 0 Å². The van der Waals surface area contributed by atoms with E-state index in [-0.39, 0.29) is 24.8 Å². The lowest BCUT2D eigenvalue weighted by Gasteiger charge is -2.14. The molecule has 0 saturated carbocycles. The van der Waals surface area contributed by atoms with E-state index in [0.29, 0.717) is 30.4 Å². The molecule has 1 aromatic carbocycles. The van der Waals surface area contributed by atoms with Crippen LogP contribution in [0.5, 0.6) is 0 Å². The van der Waals surface area contributed by atoms with Gasteiger partial charge in [0.05, 0.1) is 13.1 Å². The first-order valence-electron chi connectivity index (χ1n) is 5.62. The van der Waals surface area contributed by atoms with Crippen LogP contribution in [0.3, 0.4) is 0 Å². The fourth-order valence-electron chi connectivity index (χ4n) is 1.65. The molecular formula is C12H16ClFN4O. The highest BCUT2D eigenvalue weighted by atomic mass is 35.5. The Bertz CT molecular complexity index is 520. The molecule has 0 amide bonds. The van der Waals surface area contributed by atoms with Crippen molar-refractivity contribution in [2.45, 2.75) is 19.6 Å². The highest BCUT2D eigenvalue weighted by Gasteiger charge is 2.09. The van der Waals surface area contributed by atoms with Gasteiger partial charge in [-0.15, -0.1) is 12.4 Å². The Kier molecular flexibility index (Phi) is 5.88. The van der Waals surface area contributed by atoms with E-state index in [1.165, 1.54) is 6.07 Å². The maximum absolute atomic E-state index is 13.5. The van der Waals surface area contributed by atoms with Gasteiger partial charge < -0.3 is 10.3 Å². The molecule has 0 fully saturated rings. The van der Waals surface area contributed by atoms with Crippen LogP contribution >= 0.6 is 12.4 Å². The Morgan fingerprint density at radius 2 is 2.05 bits per heavy atom. The summed E-state index contributed by atoms with van der Waals surface area (Å²) in [5.74, 6) is 0.749. The van der Waals surface area contributed by atoms with Crippen molar-refractivity contribution in [1.82, 2.24) is 15.0 Å². The monoisotopic (exact) mass is 286 g/mol. The van der Waals surface area contributed by atoms with Crippen molar-refractivity contribution >= 4 is 12.4 Å². The number of benzene rings is 1. The molecule has 5 nitrogen and oxygen atoms in total. The summed E-state index contributed by atoms with van der Waals surface area (Å²) < 4.78 is 18.4. The van der Waals surface area contributed by atoms with Gasteiger partial charge in [-0.05, 0) is 13.1 Å². The van der Waals surface area contributed by atoms with E-state index in [9.17, 15) is 4.39 Å². The lowest BCUT2D eigenvalue weighted by atomic mass is 10.2. The van der Waals surface area contributed by atoms with Crippen molar-refractivity contribution in [1.29, 1.82) is 0 Å². The lowest BCUT2D eigenvalue weighted by molar-refractivity contribution is 0.295. The quantitative estimate of drug-likeness (QED) is 0.906. The van der Waals surface area contributed by atoms with Crippen molar-refractivity contribution in [3.8, 4) is 0 Å². The number of hydrogen-bond acceptors (Lipinski definition) is 5. The third-order valence-electron chi connectivity index (χ3n) is 2.49. The first-order chi connectivity index (χ1) is 8.69. The second-order valence-corrected chi connectivity index (χ2v) is 4.07. The molecule has 0 aliphatic rings. The average molecular weight is 287 g/mol. The summed E-state index contributed by atoms with van der Waals surface area (Å²) in [5.41, 5.74) is 6.02. The van der Waals surface area contributed by atoms with Gasteiger partial charge in [-0.25, -0.2) is 4.39 Å². The third-order valence-corrected chi connectivity index (χ3v) is 2.49. The van der Waals surface area contributed by atoms with E-state index < -0.39 is 0 Å². The molecule has 2 N–H and O–H groups in total. The minimum absolute atomic E-state index is 0. The molecule has 0 aliphatic heterocycles.